The Morgan fingerprint density at radius 3 is 2.62 bits per heavy atom. The predicted molar refractivity (Wildman–Crippen MR) is 63.0 cm³/mol. The van der Waals surface area contributed by atoms with Gasteiger partial charge in [-0.25, -0.2) is 4.98 Å². The van der Waals surface area contributed by atoms with Crippen molar-refractivity contribution in [2.24, 2.45) is 0 Å². The number of nitrogens with one attached hydrogen (secondary N) is 1. The summed E-state index contributed by atoms with van der Waals surface area (Å²) in [6, 6.07) is 12.3. The SMILES string of the molecule is Nc1cc(NC(=O)c2ccccc2)ccn1. The van der Waals surface area contributed by atoms with Gasteiger partial charge < -0.3 is 11.1 Å². The van der Waals surface area contributed by atoms with Crippen molar-refractivity contribution >= 4 is 17.4 Å². The summed E-state index contributed by atoms with van der Waals surface area (Å²) in [7, 11) is 0. The minimum Gasteiger partial charge on any atom is -0.384 e. The second-order valence-electron chi connectivity index (χ2n) is 3.29. The maximum atomic E-state index is 11.8. The van der Waals surface area contributed by atoms with Crippen LogP contribution in [-0.2, 0) is 0 Å². The van der Waals surface area contributed by atoms with Gasteiger partial charge in [0.1, 0.15) is 5.82 Å². The molecule has 0 bridgehead atoms. The minimum absolute atomic E-state index is 0.161. The van der Waals surface area contributed by atoms with E-state index in [-0.39, 0.29) is 5.91 Å². The summed E-state index contributed by atoms with van der Waals surface area (Å²) < 4.78 is 0. The van der Waals surface area contributed by atoms with Gasteiger partial charge in [-0.1, -0.05) is 18.2 Å². The molecule has 3 N–H and O–H groups in total. The van der Waals surface area contributed by atoms with Gasteiger partial charge in [-0.2, -0.15) is 0 Å². The van der Waals surface area contributed by atoms with E-state index in [1.54, 1.807) is 30.5 Å². The zero-order valence-corrected chi connectivity index (χ0v) is 8.55. The van der Waals surface area contributed by atoms with E-state index >= 15 is 0 Å². The second-order valence-corrected chi connectivity index (χ2v) is 3.29. The normalized spacial score (nSPS) is 9.75. The molecular weight excluding hydrogens is 202 g/mol. The van der Waals surface area contributed by atoms with Crippen LogP contribution in [0.2, 0.25) is 0 Å². The number of carbonyl (C=O) groups is 1. The lowest BCUT2D eigenvalue weighted by atomic mass is 10.2. The van der Waals surface area contributed by atoms with Crippen LogP contribution in [0.25, 0.3) is 0 Å². The van der Waals surface area contributed by atoms with Gasteiger partial charge in [0.05, 0.1) is 0 Å². The van der Waals surface area contributed by atoms with Gasteiger partial charge in [0.25, 0.3) is 5.91 Å². The van der Waals surface area contributed by atoms with Crippen LogP contribution in [0.1, 0.15) is 10.4 Å². The van der Waals surface area contributed by atoms with Gasteiger partial charge in [0.15, 0.2) is 0 Å². The van der Waals surface area contributed by atoms with Gasteiger partial charge >= 0.3 is 0 Å². The number of amides is 1. The molecule has 80 valence electrons. The standard InChI is InChI=1S/C12H11N3O/c13-11-8-10(6-7-14-11)15-12(16)9-4-2-1-3-5-9/h1-8H,(H3,13,14,15,16). The van der Waals surface area contributed by atoms with Crippen LogP contribution in [0.4, 0.5) is 11.5 Å². The lowest BCUT2D eigenvalue weighted by molar-refractivity contribution is 0.102. The summed E-state index contributed by atoms with van der Waals surface area (Å²) in [5.74, 6) is 0.220. The molecule has 1 heterocycles. The molecule has 0 fully saturated rings. The number of pyridine rings is 1. The smallest absolute Gasteiger partial charge is 0.255 e. The Labute approximate surface area is 93.1 Å². The Morgan fingerprint density at radius 2 is 1.94 bits per heavy atom. The summed E-state index contributed by atoms with van der Waals surface area (Å²) >= 11 is 0. The van der Waals surface area contributed by atoms with Crippen molar-refractivity contribution in [2.45, 2.75) is 0 Å². The van der Waals surface area contributed by atoms with Crippen molar-refractivity contribution < 1.29 is 4.79 Å². The van der Waals surface area contributed by atoms with Crippen LogP contribution in [0.15, 0.2) is 48.7 Å². The maximum absolute atomic E-state index is 11.8. The van der Waals surface area contributed by atoms with Gasteiger partial charge in [-0.3, -0.25) is 4.79 Å². The summed E-state index contributed by atoms with van der Waals surface area (Å²) in [6.07, 6.45) is 1.55. The van der Waals surface area contributed by atoms with E-state index in [9.17, 15) is 4.79 Å². The number of hydrogen-bond acceptors (Lipinski definition) is 3. The first-order chi connectivity index (χ1) is 7.75. The highest BCUT2D eigenvalue weighted by Gasteiger charge is 2.04. The molecule has 0 atom stereocenters. The highest BCUT2D eigenvalue weighted by atomic mass is 16.1. The topological polar surface area (TPSA) is 68.0 Å². The van der Waals surface area contributed by atoms with Crippen molar-refractivity contribution in [1.29, 1.82) is 0 Å². The van der Waals surface area contributed by atoms with Crippen LogP contribution in [0, 0.1) is 0 Å². The van der Waals surface area contributed by atoms with E-state index < -0.39 is 0 Å². The third kappa shape index (κ3) is 2.36. The first kappa shape index (κ1) is 10.2. The molecule has 2 aromatic rings. The van der Waals surface area contributed by atoms with E-state index in [0.29, 0.717) is 17.1 Å². The molecule has 1 aromatic heterocycles. The molecule has 0 spiro atoms. The third-order valence-corrected chi connectivity index (χ3v) is 2.07. The Hall–Kier alpha value is -2.36. The molecule has 16 heavy (non-hydrogen) atoms. The fraction of sp³-hybridized carbons (Fsp3) is 0. The van der Waals surface area contributed by atoms with E-state index in [1.807, 2.05) is 18.2 Å². The molecule has 0 aliphatic rings. The van der Waals surface area contributed by atoms with Gasteiger partial charge in [0, 0.05) is 23.5 Å². The first-order valence-corrected chi connectivity index (χ1v) is 4.83. The summed E-state index contributed by atoms with van der Waals surface area (Å²) in [5, 5.41) is 2.74. The van der Waals surface area contributed by atoms with Crippen molar-refractivity contribution in [2.75, 3.05) is 11.1 Å². The summed E-state index contributed by atoms with van der Waals surface area (Å²) in [5.41, 5.74) is 6.76. The number of nitrogens with zero attached hydrogens (tertiary/aromatic N) is 1. The summed E-state index contributed by atoms with van der Waals surface area (Å²) in [6.45, 7) is 0. The molecular formula is C12H11N3O. The molecule has 4 heteroatoms. The molecule has 0 radical (unpaired) electrons. The van der Waals surface area contributed by atoms with E-state index in [0.717, 1.165) is 0 Å². The third-order valence-electron chi connectivity index (χ3n) is 2.07. The monoisotopic (exact) mass is 213 g/mol. The van der Waals surface area contributed by atoms with Gasteiger partial charge in [-0.05, 0) is 18.2 Å². The Bertz CT molecular complexity index is 497. The molecule has 0 aliphatic carbocycles. The number of aromatic nitrogens is 1. The van der Waals surface area contributed by atoms with E-state index in [2.05, 4.69) is 10.3 Å². The van der Waals surface area contributed by atoms with Crippen LogP contribution in [-0.4, -0.2) is 10.9 Å². The zero-order valence-electron chi connectivity index (χ0n) is 8.55. The highest BCUT2D eigenvalue weighted by molar-refractivity contribution is 6.04. The molecule has 0 saturated carbocycles. The van der Waals surface area contributed by atoms with Gasteiger partial charge in [-0.15, -0.1) is 0 Å². The average Bonchev–Trinajstić information content (AvgIpc) is 2.30. The van der Waals surface area contributed by atoms with E-state index in [1.165, 1.54) is 0 Å². The molecule has 1 aromatic carbocycles. The number of nitrogens with two attached hydrogens (primary N) is 1. The lowest BCUT2D eigenvalue weighted by Crippen LogP contribution is -2.11. The minimum atomic E-state index is -0.161. The summed E-state index contributed by atoms with van der Waals surface area (Å²) in [4.78, 5) is 15.6. The molecule has 2 rings (SSSR count). The van der Waals surface area contributed by atoms with E-state index in [4.69, 9.17) is 5.73 Å². The zero-order chi connectivity index (χ0) is 11.4. The van der Waals surface area contributed by atoms with Crippen molar-refractivity contribution in [3.05, 3.63) is 54.2 Å². The number of anilines is 2. The van der Waals surface area contributed by atoms with Crippen molar-refractivity contribution in [3.8, 4) is 0 Å². The molecule has 0 saturated heterocycles. The van der Waals surface area contributed by atoms with Gasteiger partial charge in [0.2, 0.25) is 0 Å². The molecule has 4 nitrogen and oxygen atoms in total. The largest absolute Gasteiger partial charge is 0.384 e. The highest BCUT2D eigenvalue weighted by Crippen LogP contribution is 2.10. The Kier molecular flexibility index (Phi) is 2.82. The number of benzene rings is 1. The first-order valence-electron chi connectivity index (χ1n) is 4.83. The maximum Gasteiger partial charge on any atom is 0.255 e. The molecule has 0 unspecified atom stereocenters. The van der Waals surface area contributed by atoms with Crippen LogP contribution < -0.4 is 11.1 Å². The lowest BCUT2D eigenvalue weighted by Gasteiger charge is -2.04. The van der Waals surface area contributed by atoms with Crippen LogP contribution >= 0.6 is 0 Å². The fourth-order valence-corrected chi connectivity index (χ4v) is 1.32. The Balaban J connectivity index is 2.14. The molecule has 0 aliphatic heterocycles. The number of hydrogen-bond donors (Lipinski definition) is 2. The van der Waals surface area contributed by atoms with Crippen LogP contribution in [0.5, 0.6) is 0 Å². The predicted octanol–water partition coefficient (Wildman–Crippen LogP) is 1.92. The van der Waals surface area contributed by atoms with Crippen molar-refractivity contribution in [1.82, 2.24) is 4.98 Å². The average molecular weight is 213 g/mol. The number of nitrogen functional groups attached to an aromatic ring is 1. The number of carbonyl (C=O) groups excluding carboxylic acids is 1. The van der Waals surface area contributed by atoms with Crippen LogP contribution in [0.3, 0.4) is 0 Å². The Morgan fingerprint density at radius 1 is 1.19 bits per heavy atom. The fourth-order valence-electron chi connectivity index (χ4n) is 1.32. The molecule has 1 amide bonds. The number of rotatable bonds is 2. The van der Waals surface area contributed by atoms with Crippen molar-refractivity contribution in [3.63, 3.8) is 0 Å². The quantitative estimate of drug-likeness (QED) is 0.800. The second kappa shape index (κ2) is 4.44.